The number of hydrogen-bond acceptors (Lipinski definition) is 3. The normalized spacial score (nSPS) is 11.4. The lowest BCUT2D eigenvalue weighted by Crippen LogP contribution is -2.39. The van der Waals surface area contributed by atoms with Crippen molar-refractivity contribution in [2.45, 2.75) is 19.4 Å². The number of nitrogens with zero attached hydrogens (tertiary/aromatic N) is 1. The monoisotopic (exact) mass is 390 g/mol. The SMILES string of the molecule is CCNC(=NCc1ccc(C(N)=O)o1)NCC(c1ccccc1)c1ccccc1. The number of aliphatic imine (C=N–C) groups is 1. The van der Waals surface area contributed by atoms with Gasteiger partial charge in [0.2, 0.25) is 0 Å². The molecule has 1 heterocycles. The minimum atomic E-state index is -0.584. The van der Waals surface area contributed by atoms with Crippen LogP contribution in [0.25, 0.3) is 0 Å². The number of guanidine groups is 1. The summed E-state index contributed by atoms with van der Waals surface area (Å²) in [5.74, 6) is 1.01. The van der Waals surface area contributed by atoms with Gasteiger partial charge in [0, 0.05) is 19.0 Å². The van der Waals surface area contributed by atoms with Gasteiger partial charge in [-0.15, -0.1) is 0 Å². The Hall–Kier alpha value is -3.54. The van der Waals surface area contributed by atoms with E-state index in [9.17, 15) is 4.79 Å². The Labute approximate surface area is 170 Å². The molecule has 0 atom stereocenters. The molecule has 0 saturated carbocycles. The summed E-state index contributed by atoms with van der Waals surface area (Å²) in [6.07, 6.45) is 0. The fourth-order valence-corrected chi connectivity index (χ4v) is 3.09. The highest BCUT2D eigenvalue weighted by molar-refractivity contribution is 5.89. The standard InChI is InChI=1S/C23H26N4O2/c1-2-25-23(26-15-19-13-14-21(29-19)22(24)28)27-16-20(17-9-5-3-6-10-17)18-11-7-4-8-12-18/h3-14,20H,2,15-16H2,1H3,(H2,24,28)(H2,25,26,27). The van der Waals surface area contributed by atoms with E-state index in [-0.39, 0.29) is 11.7 Å². The Morgan fingerprint density at radius 1 is 0.966 bits per heavy atom. The fraction of sp³-hybridized carbons (Fsp3) is 0.217. The summed E-state index contributed by atoms with van der Waals surface area (Å²) in [4.78, 5) is 15.7. The van der Waals surface area contributed by atoms with E-state index in [0.29, 0.717) is 24.8 Å². The molecule has 150 valence electrons. The molecule has 0 fully saturated rings. The number of rotatable bonds is 8. The van der Waals surface area contributed by atoms with Crippen LogP contribution < -0.4 is 16.4 Å². The Balaban J connectivity index is 1.73. The van der Waals surface area contributed by atoms with Gasteiger partial charge in [-0.05, 0) is 30.2 Å². The third-order valence-electron chi connectivity index (χ3n) is 4.52. The van der Waals surface area contributed by atoms with Gasteiger partial charge in [-0.25, -0.2) is 4.99 Å². The maximum Gasteiger partial charge on any atom is 0.284 e. The number of nitrogens with one attached hydrogen (secondary N) is 2. The highest BCUT2D eigenvalue weighted by atomic mass is 16.3. The molecular weight excluding hydrogens is 364 g/mol. The van der Waals surface area contributed by atoms with Gasteiger partial charge in [-0.3, -0.25) is 4.79 Å². The summed E-state index contributed by atoms with van der Waals surface area (Å²) in [6.45, 7) is 3.74. The van der Waals surface area contributed by atoms with E-state index >= 15 is 0 Å². The smallest absolute Gasteiger partial charge is 0.284 e. The van der Waals surface area contributed by atoms with Crippen molar-refractivity contribution in [2.24, 2.45) is 10.7 Å². The van der Waals surface area contributed by atoms with Gasteiger partial charge in [0.1, 0.15) is 12.3 Å². The summed E-state index contributed by atoms with van der Waals surface area (Å²) in [7, 11) is 0. The number of nitrogens with two attached hydrogens (primary N) is 1. The first-order chi connectivity index (χ1) is 14.2. The van der Waals surface area contributed by atoms with Gasteiger partial charge in [0.05, 0.1) is 0 Å². The molecule has 29 heavy (non-hydrogen) atoms. The minimum absolute atomic E-state index is 0.140. The zero-order valence-electron chi connectivity index (χ0n) is 16.5. The molecule has 6 nitrogen and oxygen atoms in total. The van der Waals surface area contributed by atoms with Crippen LogP contribution in [0.5, 0.6) is 0 Å². The molecule has 0 spiro atoms. The number of furan rings is 1. The first kappa shape index (κ1) is 20.2. The molecule has 0 aliphatic rings. The minimum Gasteiger partial charge on any atom is -0.454 e. The van der Waals surface area contributed by atoms with Crippen LogP contribution in [0.4, 0.5) is 0 Å². The van der Waals surface area contributed by atoms with E-state index in [0.717, 1.165) is 6.54 Å². The van der Waals surface area contributed by atoms with E-state index < -0.39 is 5.91 Å². The number of hydrogen-bond donors (Lipinski definition) is 3. The van der Waals surface area contributed by atoms with Crippen molar-refractivity contribution in [3.63, 3.8) is 0 Å². The number of benzene rings is 2. The van der Waals surface area contributed by atoms with Crippen molar-refractivity contribution < 1.29 is 9.21 Å². The van der Waals surface area contributed by atoms with Crippen molar-refractivity contribution in [1.29, 1.82) is 0 Å². The molecule has 6 heteroatoms. The van der Waals surface area contributed by atoms with Crippen LogP contribution in [0.2, 0.25) is 0 Å². The van der Waals surface area contributed by atoms with E-state index in [1.54, 1.807) is 12.1 Å². The maximum atomic E-state index is 11.2. The van der Waals surface area contributed by atoms with Gasteiger partial charge < -0.3 is 20.8 Å². The lowest BCUT2D eigenvalue weighted by Gasteiger charge is -2.20. The van der Waals surface area contributed by atoms with Gasteiger partial charge in [-0.2, -0.15) is 0 Å². The Morgan fingerprint density at radius 2 is 1.59 bits per heavy atom. The Morgan fingerprint density at radius 3 is 2.10 bits per heavy atom. The average molecular weight is 390 g/mol. The van der Waals surface area contributed by atoms with Crippen LogP contribution in [-0.2, 0) is 6.54 Å². The van der Waals surface area contributed by atoms with Crippen LogP contribution in [0.15, 0.2) is 82.2 Å². The van der Waals surface area contributed by atoms with Crippen molar-refractivity contribution in [3.8, 4) is 0 Å². The molecule has 0 unspecified atom stereocenters. The highest BCUT2D eigenvalue weighted by Crippen LogP contribution is 2.23. The van der Waals surface area contributed by atoms with Crippen LogP contribution in [-0.4, -0.2) is 25.0 Å². The fourth-order valence-electron chi connectivity index (χ4n) is 3.09. The summed E-state index contributed by atoms with van der Waals surface area (Å²) in [5.41, 5.74) is 7.70. The Bertz CT molecular complexity index is 896. The summed E-state index contributed by atoms with van der Waals surface area (Å²) in [6, 6.07) is 24.1. The zero-order valence-corrected chi connectivity index (χ0v) is 16.5. The first-order valence-corrected chi connectivity index (χ1v) is 9.68. The van der Waals surface area contributed by atoms with Crippen LogP contribution in [0, 0.1) is 0 Å². The quantitative estimate of drug-likeness (QED) is 0.407. The lowest BCUT2D eigenvalue weighted by atomic mass is 9.91. The number of primary amides is 1. The molecule has 0 bridgehead atoms. The molecule has 0 saturated heterocycles. The average Bonchev–Trinajstić information content (AvgIpc) is 3.23. The van der Waals surface area contributed by atoms with Crippen LogP contribution >= 0.6 is 0 Å². The summed E-state index contributed by atoms with van der Waals surface area (Å²) >= 11 is 0. The maximum absolute atomic E-state index is 11.2. The molecule has 2 aromatic carbocycles. The summed E-state index contributed by atoms with van der Waals surface area (Å²) in [5, 5.41) is 6.67. The number of amides is 1. The molecule has 0 radical (unpaired) electrons. The van der Waals surface area contributed by atoms with E-state index in [1.165, 1.54) is 11.1 Å². The Kier molecular flexibility index (Phi) is 7.05. The van der Waals surface area contributed by atoms with Crippen LogP contribution in [0.3, 0.4) is 0 Å². The van der Waals surface area contributed by atoms with Crippen molar-refractivity contribution in [2.75, 3.05) is 13.1 Å². The second-order valence-corrected chi connectivity index (χ2v) is 6.58. The van der Waals surface area contributed by atoms with Crippen molar-refractivity contribution in [1.82, 2.24) is 10.6 Å². The molecule has 3 rings (SSSR count). The largest absolute Gasteiger partial charge is 0.454 e. The van der Waals surface area contributed by atoms with Gasteiger partial charge in [-0.1, -0.05) is 60.7 Å². The molecular formula is C23H26N4O2. The number of carbonyl (C=O) groups is 1. The third-order valence-corrected chi connectivity index (χ3v) is 4.52. The molecule has 0 aliphatic heterocycles. The molecule has 1 amide bonds. The molecule has 0 aliphatic carbocycles. The van der Waals surface area contributed by atoms with Gasteiger partial charge >= 0.3 is 0 Å². The second-order valence-electron chi connectivity index (χ2n) is 6.58. The van der Waals surface area contributed by atoms with Crippen LogP contribution in [0.1, 0.15) is 40.3 Å². The van der Waals surface area contributed by atoms with Gasteiger partial charge in [0.15, 0.2) is 11.7 Å². The van der Waals surface area contributed by atoms with E-state index in [2.05, 4.69) is 64.2 Å². The topological polar surface area (TPSA) is 92.6 Å². The number of carbonyl (C=O) groups excluding carboxylic acids is 1. The van der Waals surface area contributed by atoms with Crippen molar-refractivity contribution >= 4 is 11.9 Å². The highest BCUT2D eigenvalue weighted by Gasteiger charge is 2.14. The van der Waals surface area contributed by atoms with E-state index in [1.807, 2.05) is 19.1 Å². The molecule has 4 N–H and O–H groups in total. The predicted molar refractivity (Wildman–Crippen MR) is 115 cm³/mol. The zero-order chi connectivity index (χ0) is 20.5. The second kappa shape index (κ2) is 10.1. The predicted octanol–water partition coefficient (Wildman–Crippen LogP) is 3.27. The summed E-state index contributed by atoms with van der Waals surface area (Å²) < 4.78 is 5.40. The molecule has 3 aromatic rings. The molecule has 1 aromatic heterocycles. The van der Waals surface area contributed by atoms with Crippen molar-refractivity contribution in [3.05, 3.63) is 95.4 Å². The third kappa shape index (κ3) is 5.72. The van der Waals surface area contributed by atoms with Gasteiger partial charge in [0.25, 0.3) is 5.91 Å². The first-order valence-electron chi connectivity index (χ1n) is 9.68. The van der Waals surface area contributed by atoms with E-state index in [4.69, 9.17) is 10.2 Å². The lowest BCUT2D eigenvalue weighted by molar-refractivity contribution is 0.0972.